The van der Waals surface area contributed by atoms with E-state index in [9.17, 15) is 0 Å². The smallest absolute Gasteiger partial charge is 0.0449 e. The third-order valence-corrected chi connectivity index (χ3v) is 4.78. The largest absolute Gasteiger partial charge is 0.258 e. The van der Waals surface area contributed by atoms with Gasteiger partial charge in [-0.05, 0) is 49.8 Å². The van der Waals surface area contributed by atoms with E-state index in [4.69, 9.17) is 4.98 Å². The van der Waals surface area contributed by atoms with Gasteiger partial charge in [-0.3, -0.25) is 4.98 Å². The van der Waals surface area contributed by atoms with Crippen LogP contribution in [0.2, 0.25) is 0 Å². The van der Waals surface area contributed by atoms with E-state index in [1.807, 2.05) is 11.8 Å². The summed E-state index contributed by atoms with van der Waals surface area (Å²) in [5.74, 6) is 1.05. The summed E-state index contributed by atoms with van der Waals surface area (Å²) in [6.07, 6.45) is 4.98. The van der Waals surface area contributed by atoms with Gasteiger partial charge in [-0.1, -0.05) is 30.3 Å². The third kappa shape index (κ3) is 3.01. The maximum Gasteiger partial charge on any atom is 0.0449 e. The van der Waals surface area contributed by atoms with Crippen molar-refractivity contribution in [3.8, 4) is 0 Å². The first-order valence-electron chi connectivity index (χ1n) is 6.99. The highest BCUT2D eigenvalue weighted by Gasteiger charge is 2.15. The predicted octanol–water partition coefficient (Wildman–Crippen LogP) is 4.56. The number of thioether (sulfide) groups is 1. The van der Waals surface area contributed by atoms with Crippen LogP contribution in [0.5, 0.6) is 0 Å². The zero-order chi connectivity index (χ0) is 13.1. The summed E-state index contributed by atoms with van der Waals surface area (Å²) in [5, 5.41) is 0. The van der Waals surface area contributed by atoms with Gasteiger partial charge in [-0.15, -0.1) is 11.8 Å². The van der Waals surface area contributed by atoms with E-state index in [-0.39, 0.29) is 0 Å². The Balaban J connectivity index is 1.82. The quantitative estimate of drug-likeness (QED) is 0.758. The number of nitrogens with zero attached hydrogens (tertiary/aromatic N) is 1. The molecule has 0 aliphatic heterocycles. The Morgan fingerprint density at radius 2 is 1.89 bits per heavy atom. The number of fused-ring (bicyclic) bond motifs is 1. The molecule has 0 amide bonds. The first-order valence-corrected chi connectivity index (χ1v) is 7.97. The van der Waals surface area contributed by atoms with E-state index in [1.54, 1.807) is 0 Å². The molecule has 0 bridgehead atoms. The van der Waals surface area contributed by atoms with E-state index in [2.05, 4.69) is 43.3 Å². The van der Waals surface area contributed by atoms with Crippen molar-refractivity contribution in [2.75, 3.05) is 0 Å². The molecule has 2 heteroatoms. The molecule has 2 aromatic rings. The molecule has 1 aliphatic carbocycles. The minimum absolute atomic E-state index is 1.05. The number of rotatable bonds is 3. The molecule has 1 nitrogen and oxygen atoms in total. The number of pyridine rings is 1. The zero-order valence-corrected chi connectivity index (χ0v) is 12.2. The first-order chi connectivity index (χ1) is 9.33. The Labute approximate surface area is 119 Å². The Morgan fingerprint density at radius 3 is 2.74 bits per heavy atom. The van der Waals surface area contributed by atoms with Gasteiger partial charge in [-0.25, -0.2) is 0 Å². The monoisotopic (exact) mass is 269 g/mol. The molecule has 0 atom stereocenters. The van der Waals surface area contributed by atoms with Gasteiger partial charge in [0, 0.05) is 22.0 Å². The van der Waals surface area contributed by atoms with E-state index in [0.717, 1.165) is 17.9 Å². The van der Waals surface area contributed by atoms with Crippen LogP contribution in [0, 0.1) is 6.92 Å². The van der Waals surface area contributed by atoms with Gasteiger partial charge in [0.15, 0.2) is 0 Å². The van der Waals surface area contributed by atoms with Crippen molar-refractivity contribution in [1.29, 1.82) is 0 Å². The highest BCUT2D eigenvalue weighted by Crippen LogP contribution is 2.32. The molecule has 0 radical (unpaired) electrons. The van der Waals surface area contributed by atoms with Crippen molar-refractivity contribution >= 4 is 11.8 Å². The summed E-state index contributed by atoms with van der Waals surface area (Å²) in [4.78, 5) is 6.17. The molecule has 98 valence electrons. The molecule has 1 aromatic carbocycles. The van der Waals surface area contributed by atoms with Gasteiger partial charge >= 0.3 is 0 Å². The van der Waals surface area contributed by atoms with Crippen molar-refractivity contribution in [1.82, 2.24) is 4.98 Å². The fourth-order valence-electron chi connectivity index (χ4n) is 2.66. The molecule has 0 saturated carbocycles. The number of benzene rings is 1. The second-order valence-corrected chi connectivity index (χ2v) is 6.19. The average Bonchev–Trinajstić information content (AvgIpc) is 2.45. The van der Waals surface area contributed by atoms with Crippen LogP contribution in [0.3, 0.4) is 0 Å². The van der Waals surface area contributed by atoms with Crippen molar-refractivity contribution in [3.05, 3.63) is 58.9 Å². The lowest BCUT2D eigenvalue weighted by Crippen LogP contribution is -2.08. The Morgan fingerprint density at radius 1 is 1.11 bits per heavy atom. The molecule has 0 saturated heterocycles. The van der Waals surface area contributed by atoms with Crippen LogP contribution in [-0.2, 0) is 18.6 Å². The molecular formula is C17H19NS. The molecular weight excluding hydrogens is 250 g/mol. The lowest BCUT2D eigenvalue weighted by molar-refractivity contribution is 0.654. The minimum atomic E-state index is 1.05. The summed E-state index contributed by atoms with van der Waals surface area (Å²) < 4.78 is 0. The van der Waals surface area contributed by atoms with Crippen LogP contribution >= 0.6 is 11.8 Å². The van der Waals surface area contributed by atoms with Crippen molar-refractivity contribution in [3.63, 3.8) is 0 Å². The zero-order valence-electron chi connectivity index (χ0n) is 11.4. The second-order valence-electron chi connectivity index (χ2n) is 5.17. The van der Waals surface area contributed by atoms with Gasteiger partial charge in [0.2, 0.25) is 0 Å². The van der Waals surface area contributed by atoms with Gasteiger partial charge in [0.1, 0.15) is 0 Å². The lowest BCUT2D eigenvalue weighted by atomic mass is 9.96. The summed E-state index contributed by atoms with van der Waals surface area (Å²) in [6, 6.07) is 13.0. The van der Waals surface area contributed by atoms with Gasteiger partial charge in [-0.2, -0.15) is 0 Å². The molecule has 1 aromatic heterocycles. The lowest BCUT2D eigenvalue weighted by Gasteiger charge is -2.19. The van der Waals surface area contributed by atoms with Gasteiger partial charge in [0.25, 0.3) is 0 Å². The van der Waals surface area contributed by atoms with E-state index >= 15 is 0 Å². The van der Waals surface area contributed by atoms with Crippen LogP contribution < -0.4 is 0 Å². The van der Waals surface area contributed by atoms with Crippen molar-refractivity contribution < 1.29 is 0 Å². The van der Waals surface area contributed by atoms with Crippen molar-refractivity contribution in [2.24, 2.45) is 0 Å². The van der Waals surface area contributed by atoms with E-state index in [0.29, 0.717) is 0 Å². The van der Waals surface area contributed by atoms with Gasteiger partial charge < -0.3 is 0 Å². The third-order valence-electron chi connectivity index (χ3n) is 3.62. The summed E-state index contributed by atoms with van der Waals surface area (Å²) >= 11 is 1.96. The number of hydrogen-bond donors (Lipinski definition) is 0. The summed E-state index contributed by atoms with van der Waals surface area (Å²) in [5.41, 5.74) is 5.42. The normalized spacial score (nSPS) is 14.2. The highest BCUT2D eigenvalue weighted by molar-refractivity contribution is 7.98. The van der Waals surface area contributed by atoms with Crippen LogP contribution in [0.1, 0.15) is 35.4 Å². The van der Waals surface area contributed by atoms with Crippen LogP contribution in [-0.4, -0.2) is 4.98 Å². The molecule has 0 unspecified atom stereocenters. The molecule has 0 N–H and O–H groups in total. The summed E-state index contributed by atoms with van der Waals surface area (Å²) in [7, 11) is 0. The topological polar surface area (TPSA) is 12.9 Å². The standard InChI is InChI=1S/C17H19NS/c1-13-11-17(15-9-5-6-10-16(15)18-13)19-12-14-7-3-2-4-8-14/h2-4,7-8,11H,5-6,9-10,12H2,1H3. The Hall–Kier alpha value is -1.28. The SMILES string of the molecule is Cc1cc(SCc2ccccc2)c2c(n1)CCCC2. The maximum atomic E-state index is 4.72. The molecule has 1 heterocycles. The highest BCUT2D eigenvalue weighted by atomic mass is 32.2. The molecule has 19 heavy (non-hydrogen) atoms. The number of aromatic nitrogens is 1. The first kappa shape index (κ1) is 12.7. The number of aryl methyl sites for hydroxylation is 2. The van der Waals surface area contributed by atoms with Gasteiger partial charge in [0.05, 0.1) is 0 Å². The molecule has 0 spiro atoms. The van der Waals surface area contributed by atoms with Crippen molar-refractivity contribution in [2.45, 2.75) is 43.3 Å². The Bertz CT molecular complexity index is 563. The Kier molecular flexibility index (Phi) is 3.88. The van der Waals surface area contributed by atoms with Crippen LogP contribution in [0.25, 0.3) is 0 Å². The number of hydrogen-bond acceptors (Lipinski definition) is 2. The minimum Gasteiger partial charge on any atom is -0.258 e. The second kappa shape index (κ2) is 5.79. The molecule has 1 aliphatic rings. The van der Waals surface area contributed by atoms with E-state index in [1.165, 1.54) is 41.0 Å². The van der Waals surface area contributed by atoms with Crippen LogP contribution in [0.4, 0.5) is 0 Å². The molecule has 0 fully saturated rings. The summed E-state index contributed by atoms with van der Waals surface area (Å²) in [6.45, 7) is 2.11. The fraction of sp³-hybridized carbons (Fsp3) is 0.353. The van der Waals surface area contributed by atoms with E-state index < -0.39 is 0 Å². The average molecular weight is 269 g/mol. The fourth-order valence-corrected chi connectivity index (χ4v) is 3.83. The predicted molar refractivity (Wildman–Crippen MR) is 81.6 cm³/mol. The maximum absolute atomic E-state index is 4.72. The molecule has 3 rings (SSSR count). The van der Waals surface area contributed by atoms with Crippen LogP contribution in [0.15, 0.2) is 41.3 Å².